The van der Waals surface area contributed by atoms with Crippen LogP contribution in [0, 0.1) is 5.82 Å². The normalized spacial score (nSPS) is 15.8. The first-order valence-electron chi connectivity index (χ1n) is 11.5. The third kappa shape index (κ3) is 4.09. The Hall–Kier alpha value is -3.32. The molecule has 0 fully saturated rings. The molecule has 170 valence electrons. The zero-order valence-corrected chi connectivity index (χ0v) is 18.8. The van der Waals surface area contributed by atoms with Gasteiger partial charge in [-0.2, -0.15) is 0 Å². The number of anilines is 1. The van der Waals surface area contributed by atoms with E-state index in [1.165, 1.54) is 16.7 Å². The first kappa shape index (κ1) is 21.5. The molecule has 1 aromatic heterocycles. The number of carbonyl (C=O) groups excluding carboxylic acids is 1. The Morgan fingerprint density at radius 2 is 1.85 bits per heavy atom. The number of hydrogen-bond acceptors (Lipinski definition) is 4. The second kappa shape index (κ2) is 8.90. The van der Waals surface area contributed by atoms with Gasteiger partial charge in [0.1, 0.15) is 18.2 Å². The molecule has 2 aliphatic rings. The molecule has 0 bridgehead atoms. The van der Waals surface area contributed by atoms with Gasteiger partial charge in [0.2, 0.25) is 5.91 Å². The summed E-state index contributed by atoms with van der Waals surface area (Å²) >= 11 is 0. The highest BCUT2D eigenvalue weighted by Crippen LogP contribution is 2.27. The number of rotatable bonds is 4. The average molecular weight is 447 g/mol. The number of halogens is 1. The first-order valence-corrected chi connectivity index (χ1v) is 11.5. The van der Waals surface area contributed by atoms with Gasteiger partial charge in [-0.25, -0.2) is 9.37 Å². The first-order chi connectivity index (χ1) is 16.0. The third-order valence-electron chi connectivity index (χ3n) is 6.65. The zero-order chi connectivity index (χ0) is 22.9. The molecule has 2 aromatic carbocycles. The van der Waals surface area contributed by atoms with E-state index < -0.39 is 0 Å². The minimum atomic E-state index is -0.356. The second-order valence-electron chi connectivity index (χ2n) is 8.66. The second-order valence-corrected chi connectivity index (χ2v) is 8.66. The molecule has 2 aliphatic heterocycles. The SMILES string of the molecule is CCN1CCc2nc(-c3ccc(F)cc3)n(CC(=O)N3CCCc4ccccc43)c(=O)c2C1. The van der Waals surface area contributed by atoms with Crippen molar-refractivity contribution in [3.8, 4) is 11.4 Å². The molecule has 33 heavy (non-hydrogen) atoms. The fourth-order valence-corrected chi connectivity index (χ4v) is 4.82. The van der Waals surface area contributed by atoms with Gasteiger partial charge in [-0.15, -0.1) is 0 Å². The monoisotopic (exact) mass is 446 g/mol. The van der Waals surface area contributed by atoms with E-state index >= 15 is 0 Å². The highest BCUT2D eigenvalue weighted by Gasteiger charge is 2.27. The topological polar surface area (TPSA) is 58.4 Å². The van der Waals surface area contributed by atoms with E-state index in [1.807, 2.05) is 24.3 Å². The van der Waals surface area contributed by atoms with Crippen LogP contribution in [0.3, 0.4) is 0 Å². The Kier molecular flexibility index (Phi) is 5.81. The summed E-state index contributed by atoms with van der Waals surface area (Å²) in [5, 5.41) is 0. The van der Waals surface area contributed by atoms with Crippen molar-refractivity contribution in [2.75, 3.05) is 24.5 Å². The molecule has 3 aromatic rings. The molecule has 0 N–H and O–H groups in total. The number of hydrogen-bond donors (Lipinski definition) is 0. The maximum absolute atomic E-state index is 13.7. The molecule has 3 heterocycles. The van der Waals surface area contributed by atoms with Crippen LogP contribution in [-0.2, 0) is 30.7 Å². The lowest BCUT2D eigenvalue weighted by atomic mass is 10.0. The Bertz CT molecular complexity index is 1250. The van der Waals surface area contributed by atoms with Crippen LogP contribution in [0.1, 0.15) is 30.2 Å². The Morgan fingerprint density at radius 1 is 1.06 bits per heavy atom. The zero-order valence-electron chi connectivity index (χ0n) is 18.8. The summed E-state index contributed by atoms with van der Waals surface area (Å²) in [5.41, 5.74) is 3.92. The standard InChI is InChI=1S/C26H27FN4O2/c1-2-29-15-13-22-21(16-29)26(33)31(25(28-22)19-9-11-20(27)12-10-19)17-24(32)30-14-5-7-18-6-3-4-8-23(18)30/h3-4,6,8-12H,2,5,7,13-17H2,1H3. The fourth-order valence-electron chi connectivity index (χ4n) is 4.82. The lowest BCUT2D eigenvalue weighted by Gasteiger charge is -2.31. The number of amides is 1. The van der Waals surface area contributed by atoms with Crippen LogP contribution in [0.5, 0.6) is 0 Å². The number of aryl methyl sites for hydroxylation is 1. The van der Waals surface area contributed by atoms with E-state index in [-0.39, 0.29) is 23.8 Å². The molecule has 0 saturated heterocycles. The summed E-state index contributed by atoms with van der Waals surface area (Å²) in [4.78, 5) is 35.9. The van der Waals surface area contributed by atoms with E-state index in [4.69, 9.17) is 4.98 Å². The van der Waals surface area contributed by atoms with Crippen molar-refractivity contribution in [1.82, 2.24) is 14.5 Å². The number of para-hydroxylation sites is 1. The number of aromatic nitrogens is 2. The van der Waals surface area contributed by atoms with Crippen LogP contribution < -0.4 is 10.5 Å². The minimum absolute atomic E-state index is 0.105. The number of likely N-dealkylation sites (N-methyl/N-ethyl adjacent to an activating group) is 1. The average Bonchev–Trinajstić information content (AvgIpc) is 2.85. The lowest BCUT2D eigenvalue weighted by Crippen LogP contribution is -2.43. The van der Waals surface area contributed by atoms with Crippen LogP contribution >= 0.6 is 0 Å². The molecular formula is C26H27FN4O2. The van der Waals surface area contributed by atoms with Gasteiger partial charge in [-0.1, -0.05) is 25.1 Å². The molecule has 5 rings (SSSR count). The Morgan fingerprint density at radius 3 is 2.64 bits per heavy atom. The predicted molar refractivity (Wildman–Crippen MR) is 126 cm³/mol. The quantitative estimate of drug-likeness (QED) is 0.616. The summed E-state index contributed by atoms with van der Waals surface area (Å²) in [6.07, 6.45) is 2.51. The number of benzene rings is 2. The molecule has 0 saturated carbocycles. The van der Waals surface area contributed by atoms with E-state index in [9.17, 15) is 14.0 Å². The number of carbonyl (C=O) groups is 1. The van der Waals surface area contributed by atoms with Gasteiger partial charge in [0.05, 0.1) is 11.3 Å². The summed E-state index contributed by atoms with van der Waals surface area (Å²) in [6.45, 7) is 4.81. The van der Waals surface area contributed by atoms with E-state index in [1.54, 1.807) is 17.0 Å². The van der Waals surface area contributed by atoms with Gasteiger partial charge < -0.3 is 4.90 Å². The summed E-state index contributed by atoms with van der Waals surface area (Å²) < 4.78 is 15.1. The van der Waals surface area contributed by atoms with E-state index in [2.05, 4.69) is 11.8 Å². The van der Waals surface area contributed by atoms with Crippen molar-refractivity contribution in [2.45, 2.75) is 39.3 Å². The van der Waals surface area contributed by atoms with Crippen LogP contribution in [0.4, 0.5) is 10.1 Å². The van der Waals surface area contributed by atoms with Crippen LogP contribution in [-0.4, -0.2) is 40.0 Å². The largest absolute Gasteiger partial charge is 0.311 e. The maximum Gasteiger partial charge on any atom is 0.259 e. The van der Waals surface area contributed by atoms with Crippen molar-refractivity contribution in [3.63, 3.8) is 0 Å². The van der Waals surface area contributed by atoms with Crippen molar-refractivity contribution >= 4 is 11.6 Å². The summed E-state index contributed by atoms with van der Waals surface area (Å²) in [5.74, 6) is -0.0787. The summed E-state index contributed by atoms with van der Waals surface area (Å²) in [7, 11) is 0. The highest BCUT2D eigenvalue weighted by molar-refractivity contribution is 5.94. The molecule has 0 aliphatic carbocycles. The molecular weight excluding hydrogens is 419 g/mol. The van der Waals surface area contributed by atoms with Crippen molar-refractivity contribution in [3.05, 3.63) is 81.5 Å². The van der Waals surface area contributed by atoms with Gasteiger partial charge in [-0.05, 0) is 55.3 Å². The van der Waals surface area contributed by atoms with Crippen molar-refractivity contribution in [1.29, 1.82) is 0 Å². The molecule has 0 atom stereocenters. The Balaban J connectivity index is 1.58. The predicted octanol–water partition coefficient (Wildman–Crippen LogP) is 3.41. The highest BCUT2D eigenvalue weighted by atomic mass is 19.1. The maximum atomic E-state index is 13.7. The van der Waals surface area contributed by atoms with Crippen molar-refractivity contribution in [2.24, 2.45) is 0 Å². The molecule has 0 radical (unpaired) electrons. The Labute approximate surface area is 192 Å². The summed E-state index contributed by atoms with van der Waals surface area (Å²) in [6, 6.07) is 13.9. The van der Waals surface area contributed by atoms with Gasteiger partial charge in [0, 0.05) is 37.3 Å². The molecule has 6 nitrogen and oxygen atoms in total. The van der Waals surface area contributed by atoms with Gasteiger partial charge in [-0.3, -0.25) is 19.1 Å². The molecule has 7 heteroatoms. The van der Waals surface area contributed by atoms with Gasteiger partial charge in [0.15, 0.2) is 0 Å². The number of fused-ring (bicyclic) bond motifs is 2. The van der Waals surface area contributed by atoms with Crippen LogP contribution in [0.15, 0.2) is 53.3 Å². The smallest absolute Gasteiger partial charge is 0.259 e. The lowest BCUT2D eigenvalue weighted by molar-refractivity contribution is -0.119. The van der Waals surface area contributed by atoms with Crippen LogP contribution in [0.25, 0.3) is 11.4 Å². The van der Waals surface area contributed by atoms with Crippen LogP contribution in [0.2, 0.25) is 0 Å². The van der Waals surface area contributed by atoms with Gasteiger partial charge >= 0.3 is 0 Å². The van der Waals surface area contributed by atoms with Gasteiger partial charge in [0.25, 0.3) is 5.56 Å². The molecule has 1 amide bonds. The third-order valence-corrected chi connectivity index (χ3v) is 6.65. The van der Waals surface area contributed by atoms with E-state index in [0.717, 1.165) is 42.9 Å². The molecule has 0 unspecified atom stereocenters. The molecule has 0 spiro atoms. The fraction of sp³-hybridized carbons (Fsp3) is 0.346. The van der Waals surface area contributed by atoms with E-state index in [0.29, 0.717) is 36.5 Å². The number of nitrogens with zero attached hydrogens (tertiary/aromatic N) is 4. The van der Waals surface area contributed by atoms with Crippen molar-refractivity contribution < 1.29 is 9.18 Å². The minimum Gasteiger partial charge on any atom is -0.311 e.